The zero-order valence-corrected chi connectivity index (χ0v) is 20.6. The number of nitrogens with zero attached hydrogens (tertiary/aromatic N) is 4. The van der Waals surface area contributed by atoms with Crippen LogP contribution in [0.4, 0.5) is 5.69 Å². The van der Waals surface area contributed by atoms with Gasteiger partial charge in [0.1, 0.15) is 17.8 Å². The molecule has 0 aliphatic heterocycles. The molecule has 0 saturated heterocycles. The minimum Gasteiger partial charge on any atom is -0.467 e. The lowest BCUT2D eigenvalue weighted by atomic mass is 10.0. The fourth-order valence-electron chi connectivity index (χ4n) is 4.04. The number of carbonyl (C=O) groups is 2. The van der Waals surface area contributed by atoms with Crippen molar-refractivity contribution in [3.63, 3.8) is 0 Å². The average molecular weight is 474 g/mol. The van der Waals surface area contributed by atoms with Gasteiger partial charge in [-0.3, -0.25) is 14.5 Å². The molecule has 1 N–H and O–H groups in total. The molecule has 2 amide bonds. The van der Waals surface area contributed by atoms with Crippen LogP contribution in [0.15, 0.2) is 65.3 Å². The van der Waals surface area contributed by atoms with E-state index in [1.807, 2.05) is 56.3 Å². The van der Waals surface area contributed by atoms with E-state index in [-0.39, 0.29) is 18.4 Å². The summed E-state index contributed by atoms with van der Waals surface area (Å²) in [6, 6.07) is 15.8. The molecule has 2 aromatic heterocycles. The van der Waals surface area contributed by atoms with Gasteiger partial charge in [0.05, 0.1) is 11.8 Å². The molecule has 4 rings (SSSR count). The van der Waals surface area contributed by atoms with Crippen LogP contribution >= 0.6 is 0 Å². The second kappa shape index (κ2) is 10.5. The molecule has 1 atom stereocenters. The lowest BCUT2D eigenvalue weighted by Crippen LogP contribution is -2.45. The number of para-hydroxylation sites is 1. The summed E-state index contributed by atoms with van der Waals surface area (Å²) in [6.07, 6.45) is 2.35. The minimum absolute atomic E-state index is 0.0790. The first kappa shape index (κ1) is 24.2. The first-order chi connectivity index (χ1) is 16.8. The highest BCUT2D eigenvalue weighted by Crippen LogP contribution is 2.32. The molecule has 0 aliphatic rings. The van der Waals surface area contributed by atoms with Gasteiger partial charge in [-0.05, 0) is 67.6 Å². The number of nitrogens with one attached hydrogen (secondary N) is 1. The van der Waals surface area contributed by atoms with E-state index >= 15 is 0 Å². The molecule has 0 saturated carbocycles. The quantitative estimate of drug-likeness (QED) is 0.384. The molecule has 0 fully saturated rings. The Hall–Kier alpha value is -3.94. The largest absolute Gasteiger partial charge is 0.467 e. The molecule has 2 heterocycles. The smallest absolute Gasteiger partial charge is 0.251 e. The van der Waals surface area contributed by atoms with E-state index in [9.17, 15) is 9.59 Å². The van der Waals surface area contributed by atoms with Crippen LogP contribution in [0.25, 0.3) is 11.0 Å². The van der Waals surface area contributed by atoms with E-state index in [2.05, 4.69) is 29.5 Å². The second-order valence-electron chi connectivity index (χ2n) is 9.18. The molecule has 0 spiro atoms. The third-order valence-corrected chi connectivity index (χ3v) is 5.94. The summed E-state index contributed by atoms with van der Waals surface area (Å²) < 4.78 is 7.24. The average Bonchev–Trinajstić information content (AvgIpc) is 3.49. The van der Waals surface area contributed by atoms with E-state index < -0.39 is 6.04 Å². The van der Waals surface area contributed by atoms with Crippen LogP contribution in [0, 0.1) is 19.8 Å². The van der Waals surface area contributed by atoms with Gasteiger partial charge < -0.3 is 9.73 Å². The number of hydrogen-bond donors (Lipinski definition) is 1. The highest BCUT2D eigenvalue weighted by Gasteiger charge is 2.36. The lowest BCUT2D eigenvalue weighted by molar-refractivity contribution is -0.127. The molecule has 8 nitrogen and oxygen atoms in total. The number of hydrogen-bond acceptors (Lipinski definition) is 5. The van der Waals surface area contributed by atoms with Gasteiger partial charge in [-0.1, -0.05) is 43.3 Å². The summed E-state index contributed by atoms with van der Waals surface area (Å²) in [5.74, 6) is 0.243. The van der Waals surface area contributed by atoms with Crippen molar-refractivity contribution < 1.29 is 14.0 Å². The van der Waals surface area contributed by atoms with Crippen molar-refractivity contribution in [2.45, 2.75) is 46.7 Å². The molecule has 0 bridgehead atoms. The highest BCUT2D eigenvalue weighted by molar-refractivity contribution is 6.01. The van der Waals surface area contributed by atoms with Crippen molar-refractivity contribution in [3.8, 4) is 0 Å². The third-order valence-electron chi connectivity index (χ3n) is 5.94. The predicted molar refractivity (Wildman–Crippen MR) is 135 cm³/mol. The van der Waals surface area contributed by atoms with Crippen molar-refractivity contribution in [2.24, 2.45) is 5.92 Å². The number of fused-ring (bicyclic) bond motifs is 1. The standard InChI is InChI=1S/C27H31N5O3/c1-18(2)13-14-28-27(34)26(24-10-7-15-35-24)32(23-16-19(3)11-12-20(23)4)25(33)17-31-22-9-6-5-8-21(22)29-30-31/h5-12,15-16,18,26H,13-14,17H2,1-4H3,(H,28,34). The Kier molecular flexibility index (Phi) is 7.29. The first-order valence-electron chi connectivity index (χ1n) is 11.8. The topological polar surface area (TPSA) is 93.3 Å². The Balaban J connectivity index is 1.76. The van der Waals surface area contributed by atoms with Crippen LogP contribution in [0.2, 0.25) is 0 Å². The van der Waals surface area contributed by atoms with Crippen LogP contribution < -0.4 is 10.2 Å². The number of anilines is 1. The Morgan fingerprint density at radius 1 is 1.09 bits per heavy atom. The molecule has 4 aromatic rings. The highest BCUT2D eigenvalue weighted by atomic mass is 16.3. The summed E-state index contributed by atoms with van der Waals surface area (Å²) in [5, 5.41) is 11.4. The lowest BCUT2D eigenvalue weighted by Gasteiger charge is -2.31. The molecule has 2 aromatic carbocycles. The molecular weight excluding hydrogens is 442 g/mol. The molecular formula is C27H31N5O3. The van der Waals surface area contributed by atoms with Crippen molar-refractivity contribution >= 4 is 28.5 Å². The molecule has 0 radical (unpaired) electrons. The van der Waals surface area contributed by atoms with E-state index in [1.165, 1.54) is 11.2 Å². The summed E-state index contributed by atoms with van der Waals surface area (Å²) >= 11 is 0. The van der Waals surface area contributed by atoms with Crippen molar-refractivity contribution in [3.05, 3.63) is 77.7 Å². The fraction of sp³-hybridized carbons (Fsp3) is 0.333. The van der Waals surface area contributed by atoms with E-state index in [0.29, 0.717) is 29.4 Å². The van der Waals surface area contributed by atoms with Crippen LogP contribution in [0.3, 0.4) is 0 Å². The maximum Gasteiger partial charge on any atom is 0.251 e. The monoisotopic (exact) mass is 473 g/mol. The first-order valence-corrected chi connectivity index (χ1v) is 11.8. The van der Waals surface area contributed by atoms with Crippen LogP contribution in [0.1, 0.15) is 43.2 Å². The maximum atomic E-state index is 14.0. The van der Waals surface area contributed by atoms with Crippen LogP contribution in [0.5, 0.6) is 0 Å². The zero-order valence-electron chi connectivity index (χ0n) is 20.6. The number of furan rings is 1. The number of rotatable bonds is 9. The second-order valence-corrected chi connectivity index (χ2v) is 9.18. The Bertz CT molecular complexity index is 1310. The van der Waals surface area contributed by atoms with Gasteiger partial charge in [0, 0.05) is 12.2 Å². The molecule has 8 heteroatoms. The third kappa shape index (κ3) is 5.42. The maximum absolute atomic E-state index is 14.0. The summed E-state index contributed by atoms with van der Waals surface area (Å²) in [4.78, 5) is 29.0. The predicted octanol–water partition coefficient (Wildman–Crippen LogP) is 4.58. The van der Waals surface area contributed by atoms with E-state index in [0.717, 1.165) is 23.1 Å². The Morgan fingerprint density at radius 3 is 2.63 bits per heavy atom. The van der Waals surface area contributed by atoms with Crippen LogP contribution in [-0.4, -0.2) is 33.4 Å². The van der Waals surface area contributed by atoms with Gasteiger partial charge in [-0.15, -0.1) is 5.10 Å². The fourth-order valence-corrected chi connectivity index (χ4v) is 4.04. The van der Waals surface area contributed by atoms with Crippen molar-refractivity contribution in [2.75, 3.05) is 11.4 Å². The van der Waals surface area contributed by atoms with Gasteiger partial charge in [-0.25, -0.2) is 4.68 Å². The van der Waals surface area contributed by atoms with Gasteiger partial charge in [0.25, 0.3) is 5.91 Å². The summed E-state index contributed by atoms with van der Waals surface area (Å²) in [7, 11) is 0. The summed E-state index contributed by atoms with van der Waals surface area (Å²) in [5.41, 5.74) is 3.96. The number of carbonyl (C=O) groups excluding carboxylic acids is 2. The van der Waals surface area contributed by atoms with Gasteiger partial charge in [0.2, 0.25) is 5.91 Å². The number of benzene rings is 2. The van der Waals surface area contributed by atoms with Gasteiger partial charge in [-0.2, -0.15) is 0 Å². The SMILES string of the molecule is Cc1ccc(C)c(N(C(=O)Cn2nnc3ccccc32)C(C(=O)NCCC(C)C)c2ccco2)c1. The van der Waals surface area contributed by atoms with Crippen molar-refractivity contribution in [1.82, 2.24) is 20.3 Å². The summed E-state index contributed by atoms with van der Waals surface area (Å²) in [6.45, 7) is 8.52. The molecule has 1 unspecified atom stereocenters. The Morgan fingerprint density at radius 2 is 1.89 bits per heavy atom. The molecule has 0 aliphatic carbocycles. The van der Waals surface area contributed by atoms with Crippen molar-refractivity contribution in [1.29, 1.82) is 0 Å². The van der Waals surface area contributed by atoms with Gasteiger partial charge >= 0.3 is 0 Å². The van der Waals surface area contributed by atoms with E-state index in [4.69, 9.17) is 4.42 Å². The van der Waals surface area contributed by atoms with Gasteiger partial charge in [0.15, 0.2) is 6.04 Å². The zero-order chi connectivity index (χ0) is 24.9. The number of amides is 2. The van der Waals surface area contributed by atoms with Crippen LogP contribution in [-0.2, 0) is 16.1 Å². The number of aromatic nitrogens is 3. The molecule has 35 heavy (non-hydrogen) atoms. The van der Waals surface area contributed by atoms with E-state index in [1.54, 1.807) is 16.8 Å². The number of aryl methyl sites for hydroxylation is 2. The Labute approximate surface area is 204 Å². The minimum atomic E-state index is -0.972. The molecule has 182 valence electrons. The normalized spacial score (nSPS) is 12.1.